The number of fused-ring (bicyclic) bond motifs is 1. The molecular formula is C22H27Cl2N3O5. The van der Waals surface area contributed by atoms with E-state index < -0.39 is 18.0 Å². The summed E-state index contributed by atoms with van der Waals surface area (Å²) in [7, 11) is 1.26. The molecule has 8 nitrogen and oxygen atoms in total. The summed E-state index contributed by atoms with van der Waals surface area (Å²) in [6.45, 7) is 1.54. The Hall–Kier alpha value is -2.45. The summed E-state index contributed by atoms with van der Waals surface area (Å²) in [6, 6.07) is 2.84. The molecule has 0 aliphatic heterocycles. The molecule has 10 heteroatoms. The van der Waals surface area contributed by atoms with Crippen molar-refractivity contribution in [2.75, 3.05) is 20.3 Å². The molecule has 174 valence electrons. The fourth-order valence-electron chi connectivity index (χ4n) is 3.97. The first-order valence-electron chi connectivity index (χ1n) is 10.6. The van der Waals surface area contributed by atoms with Gasteiger partial charge >= 0.3 is 18.0 Å². The number of nitrogens with one attached hydrogen (secondary N) is 2. The molecule has 0 radical (unpaired) electrons. The van der Waals surface area contributed by atoms with Gasteiger partial charge in [0.15, 0.2) is 0 Å². The van der Waals surface area contributed by atoms with Crippen LogP contribution in [0.25, 0.3) is 10.9 Å². The molecule has 1 aliphatic carbocycles. The van der Waals surface area contributed by atoms with Gasteiger partial charge in [-0.3, -0.25) is 4.79 Å². The number of esters is 2. The maximum Gasteiger partial charge on any atom is 0.355 e. The molecule has 0 unspecified atom stereocenters. The van der Waals surface area contributed by atoms with Gasteiger partial charge in [0.2, 0.25) is 0 Å². The molecule has 1 saturated carbocycles. The van der Waals surface area contributed by atoms with E-state index in [1.165, 1.54) is 12.0 Å². The molecule has 1 aromatic carbocycles. The van der Waals surface area contributed by atoms with Gasteiger partial charge in [0.25, 0.3) is 0 Å². The third-order valence-electron chi connectivity index (χ3n) is 5.51. The third-order valence-corrected chi connectivity index (χ3v) is 6.03. The van der Waals surface area contributed by atoms with E-state index >= 15 is 0 Å². The number of aromatic nitrogens is 1. The first kappa shape index (κ1) is 24.2. The van der Waals surface area contributed by atoms with E-state index in [-0.39, 0.29) is 31.4 Å². The number of aromatic amines is 1. The number of nitrogens with zero attached hydrogens (tertiary/aromatic N) is 1. The molecule has 0 bridgehead atoms. The second-order valence-electron chi connectivity index (χ2n) is 7.73. The van der Waals surface area contributed by atoms with Crippen LogP contribution < -0.4 is 5.32 Å². The molecule has 2 amide bonds. The van der Waals surface area contributed by atoms with E-state index in [9.17, 15) is 14.4 Å². The van der Waals surface area contributed by atoms with Gasteiger partial charge in [-0.25, -0.2) is 9.59 Å². The molecule has 1 aromatic heterocycles. The number of hydrogen-bond acceptors (Lipinski definition) is 5. The molecule has 0 spiro atoms. The summed E-state index contributed by atoms with van der Waals surface area (Å²) in [5, 5.41) is 4.26. The lowest BCUT2D eigenvalue weighted by Crippen LogP contribution is -2.47. The van der Waals surface area contributed by atoms with Gasteiger partial charge in [0, 0.05) is 27.5 Å². The highest BCUT2D eigenvalue weighted by molar-refractivity contribution is 6.39. The van der Waals surface area contributed by atoms with Crippen LogP contribution in [-0.2, 0) is 20.8 Å². The first-order valence-corrected chi connectivity index (χ1v) is 11.4. The number of amides is 2. The average molecular weight is 484 g/mol. The Morgan fingerprint density at radius 2 is 1.91 bits per heavy atom. The molecule has 32 heavy (non-hydrogen) atoms. The van der Waals surface area contributed by atoms with E-state index in [0.717, 1.165) is 32.1 Å². The van der Waals surface area contributed by atoms with Crippen LogP contribution >= 0.6 is 23.2 Å². The van der Waals surface area contributed by atoms with Gasteiger partial charge in [-0.15, -0.1) is 0 Å². The smallest absolute Gasteiger partial charge is 0.355 e. The number of halogens is 2. The number of H-pyrrole nitrogens is 1. The normalized spacial score (nSPS) is 14.2. The Morgan fingerprint density at radius 3 is 2.56 bits per heavy atom. The lowest BCUT2D eigenvalue weighted by atomic mass is 9.96. The van der Waals surface area contributed by atoms with Gasteiger partial charge in [-0.05, 0) is 31.9 Å². The van der Waals surface area contributed by atoms with Gasteiger partial charge in [0.05, 0.1) is 25.3 Å². The van der Waals surface area contributed by atoms with Gasteiger partial charge in [0.1, 0.15) is 12.2 Å². The maximum atomic E-state index is 13.1. The van der Waals surface area contributed by atoms with Crippen molar-refractivity contribution in [3.63, 3.8) is 0 Å². The Kier molecular flexibility index (Phi) is 8.26. The minimum Gasteiger partial charge on any atom is -0.468 e. The van der Waals surface area contributed by atoms with Crippen molar-refractivity contribution < 1.29 is 23.9 Å². The van der Waals surface area contributed by atoms with Crippen LogP contribution in [0.1, 0.15) is 55.1 Å². The second-order valence-corrected chi connectivity index (χ2v) is 8.57. The minimum atomic E-state index is -0.586. The fraction of sp³-hybridized carbons (Fsp3) is 0.500. The molecule has 1 fully saturated rings. The van der Waals surface area contributed by atoms with Gasteiger partial charge < -0.3 is 24.7 Å². The number of methoxy groups -OCH3 is 1. The van der Waals surface area contributed by atoms with E-state index in [2.05, 4.69) is 10.3 Å². The minimum absolute atomic E-state index is 0.0475. The molecular weight excluding hydrogens is 457 g/mol. The Labute approximate surface area is 196 Å². The summed E-state index contributed by atoms with van der Waals surface area (Å²) in [6.07, 6.45) is 5.03. The van der Waals surface area contributed by atoms with Crippen molar-refractivity contribution in [1.82, 2.24) is 15.2 Å². The van der Waals surface area contributed by atoms with Crippen LogP contribution in [0.4, 0.5) is 4.79 Å². The van der Waals surface area contributed by atoms with Crippen LogP contribution in [0.2, 0.25) is 10.0 Å². The number of carbonyl (C=O) groups is 3. The SMILES string of the molecule is CCOC(=O)c1[nH]c2cc(Cl)cc(Cl)c2c1CN(CC(=O)OC)C(=O)NC1CCCCC1. The standard InChI is InChI=1S/C22H27Cl2N3O5/c1-3-32-21(29)20-15(19-16(24)9-13(23)10-17(19)26-20)11-27(12-18(28)31-2)22(30)25-14-7-5-4-6-8-14/h9-10,14,26H,3-8,11-12H2,1-2H3,(H,25,30). The highest BCUT2D eigenvalue weighted by atomic mass is 35.5. The van der Waals surface area contributed by atoms with Crippen molar-refractivity contribution in [1.29, 1.82) is 0 Å². The largest absolute Gasteiger partial charge is 0.468 e. The van der Waals surface area contributed by atoms with Crippen molar-refractivity contribution >= 4 is 52.1 Å². The molecule has 0 saturated heterocycles. The summed E-state index contributed by atoms with van der Waals surface area (Å²) in [5.74, 6) is -1.16. The molecule has 2 N–H and O–H groups in total. The topological polar surface area (TPSA) is 101 Å². The lowest BCUT2D eigenvalue weighted by Gasteiger charge is -2.28. The Bertz CT molecular complexity index is 1000. The van der Waals surface area contributed by atoms with E-state index in [1.54, 1.807) is 19.1 Å². The predicted octanol–water partition coefficient (Wildman–Crippen LogP) is 4.67. The van der Waals surface area contributed by atoms with Crippen molar-refractivity contribution in [2.24, 2.45) is 0 Å². The molecule has 0 atom stereocenters. The average Bonchev–Trinajstić information content (AvgIpc) is 3.12. The predicted molar refractivity (Wildman–Crippen MR) is 122 cm³/mol. The van der Waals surface area contributed by atoms with Crippen LogP contribution in [0.3, 0.4) is 0 Å². The van der Waals surface area contributed by atoms with E-state index in [4.69, 9.17) is 32.7 Å². The zero-order valence-electron chi connectivity index (χ0n) is 18.1. The monoisotopic (exact) mass is 483 g/mol. The lowest BCUT2D eigenvalue weighted by molar-refractivity contribution is -0.141. The van der Waals surface area contributed by atoms with E-state index in [0.29, 0.717) is 26.5 Å². The summed E-state index contributed by atoms with van der Waals surface area (Å²) in [5.41, 5.74) is 1.14. The van der Waals surface area contributed by atoms with Crippen LogP contribution in [0.15, 0.2) is 12.1 Å². The molecule has 2 aromatic rings. The quantitative estimate of drug-likeness (QED) is 0.557. The Morgan fingerprint density at radius 1 is 1.19 bits per heavy atom. The van der Waals surface area contributed by atoms with Gasteiger partial charge in [-0.1, -0.05) is 42.5 Å². The zero-order chi connectivity index (χ0) is 23.3. The number of hydrogen-bond donors (Lipinski definition) is 2. The fourth-order valence-corrected chi connectivity index (χ4v) is 4.58. The Balaban J connectivity index is 1.98. The highest BCUT2D eigenvalue weighted by Crippen LogP contribution is 2.34. The number of urea groups is 1. The molecule has 3 rings (SSSR count). The van der Waals surface area contributed by atoms with E-state index in [1.807, 2.05) is 0 Å². The molecule has 1 aliphatic rings. The van der Waals surface area contributed by atoms with Crippen molar-refractivity contribution in [3.8, 4) is 0 Å². The summed E-state index contributed by atoms with van der Waals surface area (Å²) in [4.78, 5) is 42.1. The zero-order valence-corrected chi connectivity index (χ0v) is 19.6. The number of ether oxygens (including phenoxy) is 2. The van der Waals surface area contributed by atoms with Crippen LogP contribution in [0, 0.1) is 0 Å². The van der Waals surface area contributed by atoms with Crippen LogP contribution in [0.5, 0.6) is 0 Å². The first-order chi connectivity index (χ1) is 15.3. The van der Waals surface area contributed by atoms with Crippen molar-refractivity contribution in [3.05, 3.63) is 33.4 Å². The number of carbonyl (C=O) groups excluding carboxylic acids is 3. The van der Waals surface area contributed by atoms with Crippen molar-refractivity contribution in [2.45, 2.75) is 51.6 Å². The number of benzene rings is 1. The summed E-state index contributed by atoms with van der Waals surface area (Å²) < 4.78 is 9.96. The highest BCUT2D eigenvalue weighted by Gasteiger charge is 2.27. The molecule has 1 heterocycles. The maximum absolute atomic E-state index is 13.1. The van der Waals surface area contributed by atoms with Crippen LogP contribution in [-0.4, -0.2) is 54.2 Å². The third kappa shape index (κ3) is 5.66. The second kappa shape index (κ2) is 10.9. The van der Waals surface area contributed by atoms with Gasteiger partial charge in [-0.2, -0.15) is 0 Å². The number of rotatable bonds is 7. The summed E-state index contributed by atoms with van der Waals surface area (Å²) >= 11 is 12.6.